The van der Waals surface area contributed by atoms with Crippen molar-refractivity contribution >= 4 is 23.2 Å². The summed E-state index contributed by atoms with van der Waals surface area (Å²) in [7, 11) is 0. The second-order valence-electron chi connectivity index (χ2n) is 8.06. The third kappa shape index (κ3) is 7.48. The first kappa shape index (κ1) is 22.4. The van der Waals surface area contributed by atoms with Crippen LogP contribution in [0.25, 0.3) is 0 Å². The highest BCUT2D eigenvalue weighted by Crippen LogP contribution is 2.19. The Morgan fingerprint density at radius 1 is 1.03 bits per heavy atom. The Morgan fingerprint density at radius 3 is 2.48 bits per heavy atom. The fourth-order valence-electron chi connectivity index (χ4n) is 3.52. The van der Waals surface area contributed by atoms with E-state index in [1.54, 1.807) is 24.3 Å². The molecule has 0 unspecified atom stereocenters. The van der Waals surface area contributed by atoms with Crippen LogP contribution in [0.3, 0.4) is 0 Å². The van der Waals surface area contributed by atoms with E-state index >= 15 is 0 Å². The molecule has 0 radical (unpaired) electrons. The van der Waals surface area contributed by atoms with Crippen LogP contribution in [0.2, 0.25) is 0 Å². The molecule has 1 aliphatic carbocycles. The first-order chi connectivity index (χ1) is 15.0. The molecular formula is C25H31N3O3. The van der Waals surface area contributed by atoms with Gasteiger partial charge >= 0.3 is 0 Å². The molecule has 2 aromatic rings. The van der Waals surface area contributed by atoms with Crippen molar-refractivity contribution in [2.45, 2.75) is 45.1 Å². The largest absolute Gasteiger partial charge is 0.489 e. The van der Waals surface area contributed by atoms with Gasteiger partial charge in [-0.2, -0.15) is 0 Å². The van der Waals surface area contributed by atoms with E-state index in [4.69, 9.17) is 4.74 Å². The van der Waals surface area contributed by atoms with E-state index in [2.05, 4.69) is 22.5 Å². The number of carbonyl (C=O) groups is 2. The molecule has 6 heteroatoms. The van der Waals surface area contributed by atoms with Crippen molar-refractivity contribution in [1.29, 1.82) is 0 Å². The molecule has 1 saturated carbocycles. The number of ether oxygens (including phenoxy) is 1. The van der Waals surface area contributed by atoms with Crippen LogP contribution in [-0.2, 0) is 4.79 Å². The maximum absolute atomic E-state index is 12.5. The van der Waals surface area contributed by atoms with Gasteiger partial charge in [-0.3, -0.25) is 9.59 Å². The Morgan fingerprint density at radius 2 is 1.77 bits per heavy atom. The van der Waals surface area contributed by atoms with Crippen molar-refractivity contribution in [1.82, 2.24) is 5.32 Å². The maximum atomic E-state index is 12.5. The fourth-order valence-corrected chi connectivity index (χ4v) is 3.52. The van der Waals surface area contributed by atoms with E-state index in [1.807, 2.05) is 31.2 Å². The molecular weight excluding hydrogens is 390 g/mol. The summed E-state index contributed by atoms with van der Waals surface area (Å²) < 4.78 is 5.57. The lowest BCUT2D eigenvalue weighted by molar-refractivity contribution is -0.114. The number of rotatable bonds is 9. The van der Waals surface area contributed by atoms with Crippen LogP contribution in [-0.4, -0.2) is 31.0 Å². The SMILES string of the molecule is C=C(C)COc1ccc(NCC(=O)Nc2cccc(C(=O)NC3CCCCC3)c2)cc1. The van der Waals surface area contributed by atoms with Crippen LogP contribution in [0.1, 0.15) is 49.4 Å². The van der Waals surface area contributed by atoms with Gasteiger partial charge in [0.2, 0.25) is 5.91 Å². The quantitative estimate of drug-likeness (QED) is 0.510. The minimum atomic E-state index is -0.188. The van der Waals surface area contributed by atoms with Crippen molar-refractivity contribution in [3.63, 3.8) is 0 Å². The molecule has 164 valence electrons. The van der Waals surface area contributed by atoms with Gasteiger partial charge in [0.1, 0.15) is 12.4 Å². The average molecular weight is 422 g/mol. The van der Waals surface area contributed by atoms with E-state index in [-0.39, 0.29) is 24.4 Å². The Balaban J connectivity index is 1.47. The van der Waals surface area contributed by atoms with Crippen LogP contribution < -0.4 is 20.7 Å². The molecule has 3 rings (SSSR count). The number of benzene rings is 2. The summed E-state index contributed by atoms with van der Waals surface area (Å²) in [4.78, 5) is 24.8. The molecule has 0 spiro atoms. The minimum absolute atomic E-state index is 0.0879. The third-order valence-electron chi connectivity index (χ3n) is 5.14. The predicted octanol–water partition coefficient (Wildman–Crippen LogP) is 4.75. The van der Waals surface area contributed by atoms with Crippen LogP contribution in [0.15, 0.2) is 60.7 Å². The average Bonchev–Trinajstić information content (AvgIpc) is 2.78. The topological polar surface area (TPSA) is 79.5 Å². The van der Waals surface area contributed by atoms with Gasteiger partial charge in [0, 0.05) is 23.0 Å². The number of carbonyl (C=O) groups excluding carboxylic acids is 2. The van der Waals surface area contributed by atoms with Crippen LogP contribution in [0.4, 0.5) is 11.4 Å². The summed E-state index contributed by atoms with van der Waals surface area (Å²) in [6.45, 7) is 6.31. The van der Waals surface area contributed by atoms with Crippen molar-refractivity contribution in [2.24, 2.45) is 0 Å². The van der Waals surface area contributed by atoms with E-state index in [0.29, 0.717) is 17.9 Å². The molecule has 0 atom stereocenters. The summed E-state index contributed by atoms with van der Waals surface area (Å²) >= 11 is 0. The third-order valence-corrected chi connectivity index (χ3v) is 5.14. The molecule has 2 amide bonds. The lowest BCUT2D eigenvalue weighted by Crippen LogP contribution is -2.36. The van der Waals surface area contributed by atoms with E-state index in [1.165, 1.54) is 6.42 Å². The molecule has 1 aliphatic rings. The number of hydrogen-bond acceptors (Lipinski definition) is 4. The molecule has 0 aromatic heterocycles. The second-order valence-corrected chi connectivity index (χ2v) is 8.06. The number of hydrogen-bond donors (Lipinski definition) is 3. The zero-order chi connectivity index (χ0) is 22.1. The highest BCUT2D eigenvalue weighted by atomic mass is 16.5. The molecule has 6 nitrogen and oxygen atoms in total. The molecule has 0 heterocycles. The Labute approximate surface area is 184 Å². The van der Waals surface area contributed by atoms with Crippen LogP contribution in [0, 0.1) is 0 Å². The lowest BCUT2D eigenvalue weighted by atomic mass is 9.95. The molecule has 3 N–H and O–H groups in total. The van der Waals surface area contributed by atoms with Gasteiger partial charge < -0.3 is 20.7 Å². The standard InChI is InChI=1S/C25H31N3O3/c1-18(2)17-31-23-13-11-20(12-14-23)26-16-24(29)27-22-10-6-7-19(15-22)25(30)28-21-8-4-3-5-9-21/h6-7,10-15,21,26H,1,3-5,8-9,16-17H2,2H3,(H,27,29)(H,28,30). The Hall–Kier alpha value is -3.28. The summed E-state index contributed by atoms with van der Waals surface area (Å²) in [5.74, 6) is 0.476. The molecule has 1 fully saturated rings. The Bertz CT molecular complexity index is 902. The van der Waals surface area contributed by atoms with Gasteiger partial charge in [-0.15, -0.1) is 0 Å². The lowest BCUT2D eigenvalue weighted by Gasteiger charge is -2.22. The highest BCUT2D eigenvalue weighted by Gasteiger charge is 2.17. The summed E-state index contributed by atoms with van der Waals surface area (Å²) in [6.07, 6.45) is 5.65. The van der Waals surface area contributed by atoms with Gasteiger partial charge in [-0.1, -0.05) is 31.9 Å². The molecule has 31 heavy (non-hydrogen) atoms. The van der Waals surface area contributed by atoms with Gasteiger partial charge in [-0.25, -0.2) is 0 Å². The monoisotopic (exact) mass is 421 g/mol. The smallest absolute Gasteiger partial charge is 0.251 e. The van der Waals surface area contributed by atoms with Gasteiger partial charge in [0.15, 0.2) is 0 Å². The summed E-state index contributed by atoms with van der Waals surface area (Å²) in [5, 5.41) is 9.03. The second kappa shape index (κ2) is 11.2. The normalized spacial score (nSPS) is 13.8. The van der Waals surface area contributed by atoms with E-state index < -0.39 is 0 Å². The van der Waals surface area contributed by atoms with Crippen molar-refractivity contribution in [3.05, 3.63) is 66.2 Å². The van der Waals surface area contributed by atoms with E-state index in [0.717, 1.165) is 42.7 Å². The molecule has 0 bridgehead atoms. The zero-order valence-electron chi connectivity index (χ0n) is 18.1. The van der Waals surface area contributed by atoms with Crippen molar-refractivity contribution in [3.8, 4) is 5.75 Å². The van der Waals surface area contributed by atoms with Crippen molar-refractivity contribution in [2.75, 3.05) is 23.8 Å². The predicted molar refractivity (Wildman–Crippen MR) is 125 cm³/mol. The number of amides is 2. The highest BCUT2D eigenvalue weighted by molar-refractivity contribution is 5.98. The first-order valence-electron chi connectivity index (χ1n) is 10.8. The van der Waals surface area contributed by atoms with Gasteiger partial charge in [0.05, 0.1) is 6.54 Å². The molecule has 0 saturated heterocycles. The molecule has 0 aliphatic heterocycles. The van der Waals surface area contributed by atoms with Crippen LogP contribution >= 0.6 is 0 Å². The molecule has 2 aromatic carbocycles. The zero-order valence-corrected chi connectivity index (χ0v) is 18.1. The number of anilines is 2. The van der Waals surface area contributed by atoms with Crippen LogP contribution in [0.5, 0.6) is 5.75 Å². The summed E-state index contributed by atoms with van der Waals surface area (Å²) in [5.41, 5.74) is 2.93. The Kier molecular flexibility index (Phi) is 8.10. The van der Waals surface area contributed by atoms with Gasteiger partial charge in [0.25, 0.3) is 5.91 Å². The number of nitrogens with one attached hydrogen (secondary N) is 3. The fraction of sp³-hybridized carbons (Fsp3) is 0.360. The van der Waals surface area contributed by atoms with Crippen molar-refractivity contribution < 1.29 is 14.3 Å². The minimum Gasteiger partial charge on any atom is -0.489 e. The van der Waals surface area contributed by atoms with E-state index in [9.17, 15) is 9.59 Å². The van der Waals surface area contributed by atoms with Gasteiger partial charge in [-0.05, 0) is 67.8 Å². The summed E-state index contributed by atoms with van der Waals surface area (Å²) in [6, 6.07) is 14.7. The first-order valence-corrected chi connectivity index (χ1v) is 10.8. The maximum Gasteiger partial charge on any atom is 0.251 e.